The Labute approximate surface area is 130 Å². The maximum atomic E-state index is 13.2. The minimum Gasteiger partial charge on any atom is -0.431 e. The summed E-state index contributed by atoms with van der Waals surface area (Å²) in [7, 11) is 0. The molecule has 0 atom stereocenters. The van der Waals surface area contributed by atoms with Gasteiger partial charge in [-0.15, -0.1) is 0 Å². The molecular weight excluding hydrogens is 303 g/mol. The first-order valence-corrected chi connectivity index (χ1v) is 6.90. The van der Waals surface area contributed by atoms with Crippen LogP contribution in [0.5, 0.6) is 0 Å². The second kappa shape index (κ2) is 6.12. The zero-order valence-corrected chi connectivity index (χ0v) is 11.9. The number of hydrogen-bond acceptors (Lipinski definition) is 2. The van der Waals surface area contributed by atoms with Gasteiger partial charge in [-0.25, -0.2) is 4.98 Å². The summed E-state index contributed by atoms with van der Waals surface area (Å²) in [5.74, 6) is -1.17. The minimum atomic E-state index is -4.60. The van der Waals surface area contributed by atoms with Crippen LogP contribution in [0.2, 0.25) is 0 Å². The number of hydrogen-bond donors (Lipinski definition) is 0. The molecule has 0 unspecified atom stereocenters. The molecule has 1 heterocycles. The Balaban J connectivity index is 2.00. The SMILES string of the molecule is FC(F)(F)c1oc(C=Cc2ccccc2)nc1-c1ccccc1. The topological polar surface area (TPSA) is 26.0 Å². The number of nitrogens with zero attached hydrogens (tertiary/aromatic N) is 1. The van der Waals surface area contributed by atoms with Gasteiger partial charge in [-0.05, 0) is 11.6 Å². The summed E-state index contributed by atoms with van der Waals surface area (Å²) in [6.07, 6.45) is -1.52. The molecule has 0 saturated carbocycles. The smallest absolute Gasteiger partial charge is 0.431 e. The van der Waals surface area contributed by atoms with Crippen molar-refractivity contribution in [1.82, 2.24) is 4.98 Å². The molecule has 23 heavy (non-hydrogen) atoms. The molecule has 3 rings (SSSR count). The number of benzene rings is 2. The van der Waals surface area contributed by atoms with E-state index in [2.05, 4.69) is 4.98 Å². The Bertz CT molecular complexity index is 805. The molecule has 0 amide bonds. The third kappa shape index (κ3) is 3.51. The monoisotopic (exact) mass is 315 g/mol. The predicted molar refractivity (Wildman–Crippen MR) is 82.3 cm³/mol. The molecule has 0 bridgehead atoms. The molecule has 0 radical (unpaired) electrons. The first kappa shape index (κ1) is 15.1. The summed E-state index contributed by atoms with van der Waals surface area (Å²) < 4.78 is 44.4. The van der Waals surface area contributed by atoms with Crippen molar-refractivity contribution in [2.24, 2.45) is 0 Å². The molecular formula is C18H12F3NO. The minimum absolute atomic E-state index is 0.0833. The van der Waals surface area contributed by atoms with Gasteiger partial charge in [0.15, 0.2) is 0 Å². The van der Waals surface area contributed by atoms with Crippen molar-refractivity contribution in [2.75, 3.05) is 0 Å². The first-order chi connectivity index (χ1) is 11.0. The molecule has 3 aromatic rings. The number of oxazole rings is 1. The molecule has 5 heteroatoms. The zero-order valence-electron chi connectivity index (χ0n) is 11.9. The molecule has 116 valence electrons. The summed E-state index contributed by atoms with van der Waals surface area (Å²) in [6, 6.07) is 17.4. The van der Waals surface area contributed by atoms with Crippen LogP contribution >= 0.6 is 0 Å². The lowest BCUT2D eigenvalue weighted by Gasteiger charge is -2.04. The van der Waals surface area contributed by atoms with E-state index in [4.69, 9.17) is 4.42 Å². The Hall–Kier alpha value is -2.82. The Morgan fingerprint density at radius 2 is 1.43 bits per heavy atom. The molecule has 2 aromatic carbocycles. The van der Waals surface area contributed by atoms with E-state index < -0.39 is 11.9 Å². The van der Waals surface area contributed by atoms with Gasteiger partial charge < -0.3 is 4.42 Å². The summed E-state index contributed by atoms with van der Waals surface area (Å²) >= 11 is 0. The van der Waals surface area contributed by atoms with E-state index in [9.17, 15) is 13.2 Å². The third-order valence-corrected chi connectivity index (χ3v) is 3.17. The van der Waals surface area contributed by atoms with Gasteiger partial charge in [0.1, 0.15) is 5.69 Å². The Morgan fingerprint density at radius 1 is 0.826 bits per heavy atom. The van der Waals surface area contributed by atoms with Gasteiger partial charge in [0, 0.05) is 11.6 Å². The molecule has 0 spiro atoms. The van der Waals surface area contributed by atoms with Crippen LogP contribution in [0.1, 0.15) is 17.2 Å². The Kier molecular flexibility index (Phi) is 4.02. The highest BCUT2D eigenvalue weighted by atomic mass is 19.4. The van der Waals surface area contributed by atoms with Gasteiger partial charge in [-0.3, -0.25) is 0 Å². The lowest BCUT2D eigenvalue weighted by atomic mass is 10.1. The van der Waals surface area contributed by atoms with Crippen LogP contribution in [0.3, 0.4) is 0 Å². The molecule has 0 fully saturated rings. The molecule has 2 nitrogen and oxygen atoms in total. The molecule has 1 aromatic heterocycles. The first-order valence-electron chi connectivity index (χ1n) is 6.90. The average molecular weight is 315 g/mol. The van der Waals surface area contributed by atoms with E-state index in [0.29, 0.717) is 5.56 Å². The van der Waals surface area contributed by atoms with E-state index in [1.54, 1.807) is 36.4 Å². The van der Waals surface area contributed by atoms with Gasteiger partial charge in [0.05, 0.1) is 0 Å². The van der Waals surface area contributed by atoms with Crippen molar-refractivity contribution >= 4 is 12.2 Å². The van der Waals surface area contributed by atoms with Gasteiger partial charge >= 0.3 is 6.18 Å². The summed E-state index contributed by atoms with van der Waals surface area (Å²) in [4.78, 5) is 3.99. The predicted octanol–water partition coefficient (Wildman–Crippen LogP) is 5.53. The van der Waals surface area contributed by atoms with Crippen molar-refractivity contribution in [3.05, 3.63) is 77.9 Å². The maximum absolute atomic E-state index is 13.2. The highest BCUT2D eigenvalue weighted by molar-refractivity contribution is 5.69. The molecule has 0 aliphatic rings. The van der Waals surface area contributed by atoms with Crippen LogP contribution < -0.4 is 0 Å². The molecule has 0 saturated heterocycles. The highest BCUT2D eigenvalue weighted by Gasteiger charge is 2.39. The van der Waals surface area contributed by atoms with Gasteiger partial charge in [-0.1, -0.05) is 60.7 Å². The molecule has 0 aliphatic carbocycles. The number of rotatable bonds is 3. The van der Waals surface area contributed by atoms with Crippen LogP contribution in [-0.2, 0) is 6.18 Å². The lowest BCUT2D eigenvalue weighted by Crippen LogP contribution is -2.05. The summed E-state index contributed by atoms with van der Waals surface area (Å²) in [5.41, 5.74) is 1.01. The lowest BCUT2D eigenvalue weighted by molar-refractivity contribution is -0.152. The second-order valence-corrected chi connectivity index (χ2v) is 4.84. The van der Waals surface area contributed by atoms with Crippen LogP contribution in [0.15, 0.2) is 65.1 Å². The normalized spacial score (nSPS) is 12.0. The molecule has 0 N–H and O–H groups in total. The Morgan fingerprint density at radius 3 is 2.04 bits per heavy atom. The van der Waals surface area contributed by atoms with E-state index in [-0.39, 0.29) is 11.6 Å². The van der Waals surface area contributed by atoms with Crippen molar-refractivity contribution in [3.63, 3.8) is 0 Å². The van der Waals surface area contributed by atoms with Crippen molar-refractivity contribution in [2.45, 2.75) is 6.18 Å². The van der Waals surface area contributed by atoms with Crippen LogP contribution in [0.4, 0.5) is 13.2 Å². The fraction of sp³-hybridized carbons (Fsp3) is 0.0556. The zero-order chi connectivity index (χ0) is 16.3. The highest BCUT2D eigenvalue weighted by Crippen LogP contribution is 2.37. The van der Waals surface area contributed by atoms with Gasteiger partial charge in [-0.2, -0.15) is 13.2 Å². The van der Waals surface area contributed by atoms with Crippen molar-refractivity contribution in [1.29, 1.82) is 0 Å². The quantitative estimate of drug-likeness (QED) is 0.635. The van der Waals surface area contributed by atoms with Gasteiger partial charge in [0.25, 0.3) is 0 Å². The van der Waals surface area contributed by atoms with E-state index in [1.165, 1.54) is 6.08 Å². The number of aromatic nitrogens is 1. The van der Waals surface area contributed by atoms with Crippen LogP contribution in [0, 0.1) is 0 Å². The second-order valence-electron chi connectivity index (χ2n) is 4.84. The standard InChI is InChI=1S/C18H12F3NO/c19-18(20,21)17-16(14-9-5-2-6-10-14)22-15(23-17)12-11-13-7-3-1-4-8-13/h1-12H. The van der Waals surface area contributed by atoms with Crippen LogP contribution in [-0.4, -0.2) is 4.98 Å². The number of alkyl halides is 3. The number of halogens is 3. The van der Waals surface area contributed by atoms with Crippen molar-refractivity contribution < 1.29 is 17.6 Å². The molecule has 0 aliphatic heterocycles. The fourth-order valence-corrected chi connectivity index (χ4v) is 2.12. The maximum Gasteiger partial charge on any atom is 0.451 e. The van der Waals surface area contributed by atoms with E-state index in [0.717, 1.165) is 5.56 Å². The van der Waals surface area contributed by atoms with E-state index >= 15 is 0 Å². The summed E-state index contributed by atoms with van der Waals surface area (Å²) in [5, 5.41) is 0. The van der Waals surface area contributed by atoms with Crippen LogP contribution in [0.25, 0.3) is 23.4 Å². The van der Waals surface area contributed by atoms with Gasteiger partial charge in [0.2, 0.25) is 11.7 Å². The summed E-state index contributed by atoms with van der Waals surface area (Å²) in [6.45, 7) is 0. The third-order valence-electron chi connectivity index (χ3n) is 3.17. The average Bonchev–Trinajstić information content (AvgIpc) is 2.99. The van der Waals surface area contributed by atoms with E-state index in [1.807, 2.05) is 30.3 Å². The fourth-order valence-electron chi connectivity index (χ4n) is 2.12. The largest absolute Gasteiger partial charge is 0.451 e. The van der Waals surface area contributed by atoms with Crippen molar-refractivity contribution in [3.8, 4) is 11.3 Å².